The molecule has 36 heavy (non-hydrogen) atoms. The topological polar surface area (TPSA) is 130 Å². The van der Waals surface area contributed by atoms with Crippen molar-refractivity contribution in [3.05, 3.63) is 77.5 Å². The average molecular weight is 487 g/mol. The highest BCUT2D eigenvalue weighted by molar-refractivity contribution is 5.82. The Bertz CT molecular complexity index is 1590. The molecule has 0 aliphatic carbocycles. The van der Waals surface area contributed by atoms with Crippen LogP contribution >= 0.6 is 0 Å². The van der Waals surface area contributed by atoms with Gasteiger partial charge in [-0.25, -0.2) is 23.4 Å². The Kier molecular flexibility index (Phi) is 6.05. The Morgan fingerprint density at radius 2 is 1.97 bits per heavy atom. The first-order valence-electron chi connectivity index (χ1n) is 10.9. The van der Waals surface area contributed by atoms with E-state index >= 15 is 0 Å². The highest BCUT2D eigenvalue weighted by Gasteiger charge is 2.15. The Morgan fingerprint density at radius 1 is 1.11 bits per heavy atom. The number of alkyl halides is 2. The molecule has 180 valence electrons. The predicted octanol–water partition coefficient (Wildman–Crippen LogP) is 3.79. The highest BCUT2D eigenvalue weighted by atomic mass is 19.3. The normalized spacial score (nSPS) is 11.2. The van der Waals surface area contributed by atoms with E-state index in [2.05, 4.69) is 25.6 Å². The summed E-state index contributed by atoms with van der Waals surface area (Å²) in [5.41, 5.74) is 3.52. The fourth-order valence-corrected chi connectivity index (χ4v) is 3.79. The Morgan fingerprint density at radius 3 is 2.67 bits per heavy atom. The second-order valence-corrected chi connectivity index (χ2v) is 7.91. The van der Waals surface area contributed by atoms with Gasteiger partial charge < -0.3 is 10.4 Å². The summed E-state index contributed by atoms with van der Waals surface area (Å²) >= 11 is 0. The average Bonchev–Trinajstić information content (AvgIpc) is 3.47. The van der Waals surface area contributed by atoms with Crippen LogP contribution in [0.25, 0.3) is 22.7 Å². The van der Waals surface area contributed by atoms with Crippen LogP contribution in [0.3, 0.4) is 0 Å². The summed E-state index contributed by atoms with van der Waals surface area (Å²) in [4.78, 5) is 9.26. The first-order valence-corrected chi connectivity index (χ1v) is 10.9. The lowest BCUT2D eigenvalue weighted by Gasteiger charge is -2.12. The highest BCUT2D eigenvalue weighted by Crippen LogP contribution is 2.25. The Hall–Kier alpha value is -4.76. The van der Waals surface area contributed by atoms with Crippen molar-refractivity contribution in [3.63, 3.8) is 0 Å². The van der Waals surface area contributed by atoms with Gasteiger partial charge in [0.1, 0.15) is 23.9 Å². The van der Waals surface area contributed by atoms with Gasteiger partial charge in [-0.15, -0.1) is 10.2 Å². The third-order valence-corrected chi connectivity index (χ3v) is 5.50. The second kappa shape index (κ2) is 9.47. The van der Waals surface area contributed by atoms with E-state index in [1.807, 2.05) is 35.8 Å². The van der Waals surface area contributed by atoms with E-state index in [-0.39, 0.29) is 18.0 Å². The van der Waals surface area contributed by atoms with Gasteiger partial charge in [-0.3, -0.25) is 4.57 Å². The molecule has 0 aliphatic heterocycles. The first kappa shape index (κ1) is 23.0. The van der Waals surface area contributed by atoms with Crippen molar-refractivity contribution >= 4 is 22.5 Å². The molecule has 4 heterocycles. The van der Waals surface area contributed by atoms with Crippen molar-refractivity contribution in [2.75, 3.05) is 11.9 Å². The summed E-state index contributed by atoms with van der Waals surface area (Å²) in [6.45, 7) is 1.77. The number of aliphatic hydroxyl groups excluding tert-OH is 1. The molecule has 0 aliphatic rings. The molecule has 2 N–H and O–H groups in total. The van der Waals surface area contributed by atoms with Crippen LogP contribution in [0.1, 0.15) is 29.1 Å². The fraction of sp³-hybridized carbons (Fsp3) is 0.167. The summed E-state index contributed by atoms with van der Waals surface area (Å²) in [5, 5.41) is 33.4. The zero-order valence-electron chi connectivity index (χ0n) is 19.0. The van der Waals surface area contributed by atoms with E-state index in [9.17, 15) is 19.1 Å². The number of hydrogen-bond donors (Lipinski definition) is 2. The second-order valence-electron chi connectivity index (χ2n) is 7.91. The number of hydrogen-bond acceptors (Lipinski definition) is 8. The number of aliphatic hydroxyl groups is 1. The van der Waals surface area contributed by atoms with Gasteiger partial charge in [-0.1, -0.05) is 6.07 Å². The molecule has 0 saturated heterocycles. The molecular formula is C24H19F2N9O. The van der Waals surface area contributed by atoms with Crippen molar-refractivity contribution in [2.45, 2.75) is 19.8 Å². The molecule has 0 fully saturated rings. The van der Waals surface area contributed by atoms with Gasteiger partial charge in [0, 0.05) is 18.0 Å². The van der Waals surface area contributed by atoms with Crippen molar-refractivity contribution in [3.8, 4) is 17.7 Å². The van der Waals surface area contributed by atoms with Gasteiger partial charge in [-0.05, 0) is 61.4 Å². The lowest BCUT2D eigenvalue weighted by Crippen LogP contribution is -2.10. The van der Waals surface area contributed by atoms with E-state index in [0.29, 0.717) is 35.1 Å². The zero-order chi connectivity index (χ0) is 25.2. The SMILES string of the molecule is Cc1cc(C#N)nn1-c1nc(-n2cnc3cc(Nc4ccc(C(F)F)nn4)ccc32)ccc1CCO. The Labute approximate surface area is 203 Å². The van der Waals surface area contributed by atoms with Gasteiger partial charge in [-0.2, -0.15) is 10.4 Å². The number of nitrogens with one attached hydrogen (secondary N) is 1. The molecule has 0 spiro atoms. The van der Waals surface area contributed by atoms with Gasteiger partial charge in [0.15, 0.2) is 17.3 Å². The third kappa shape index (κ3) is 4.35. The van der Waals surface area contributed by atoms with Crippen molar-refractivity contribution in [2.24, 2.45) is 0 Å². The number of anilines is 2. The molecule has 0 radical (unpaired) electrons. The molecule has 12 heteroatoms. The first-order chi connectivity index (χ1) is 17.5. The van der Waals surface area contributed by atoms with Crippen LogP contribution in [0, 0.1) is 18.3 Å². The van der Waals surface area contributed by atoms with Crippen molar-refractivity contribution < 1.29 is 13.9 Å². The molecule has 0 amide bonds. The van der Waals surface area contributed by atoms with E-state index in [0.717, 1.165) is 16.8 Å². The zero-order valence-corrected chi connectivity index (χ0v) is 19.0. The monoisotopic (exact) mass is 487 g/mol. The summed E-state index contributed by atoms with van der Waals surface area (Å²) in [6, 6.07) is 15.5. The molecule has 1 aromatic carbocycles. The molecule has 0 unspecified atom stereocenters. The van der Waals surface area contributed by atoms with Crippen molar-refractivity contribution in [1.82, 2.24) is 34.5 Å². The molecule has 0 bridgehead atoms. The number of aryl methyl sites for hydroxylation is 1. The van der Waals surface area contributed by atoms with Crippen molar-refractivity contribution in [1.29, 1.82) is 5.26 Å². The maximum atomic E-state index is 12.7. The van der Waals surface area contributed by atoms with Gasteiger partial charge in [0.2, 0.25) is 0 Å². The van der Waals surface area contributed by atoms with Crippen LogP contribution < -0.4 is 5.32 Å². The summed E-state index contributed by atoms with van der Waals surface area (Å²) in [7, 11) is 0. The maximum absolute atomic E-state index is 12.7. The van der Waals surface area contributed by atoms with Crippen LogP contribution in [-0.2, 0) is 6.42 Å². The summed E-state index contributed by atoms with van der Waals surface area (Å²) in [6.07, 6.45) is -0.658. The van der Waals surface area contributed by atoms with Gasteiger partial charge in [0.05, 0.1) is 11.0 Å². The fourth-order valence-electron chi connectivity index (χ4n) is 3.79. The lowest BCUT2D eigenvalue weighted by atomic mass is 10.2. The number of benzene rings is 1. The summed E-state index contributed by atoms with van der Waals surface area (Å²) in [5.74, 6) is 1.43. The number of fused-ring (bicyclic) bond motifs is 1. The largest absolute Gasteiger partial charge is 0.396 e. The van der Waals surface area contributed by atoms with Crippen LogP contribution in [0.4, 0.5) is 20.3 Å². The van der Waals surface area contributed by atoms with Crippen LogP contribution in [0.2, 0.25) is 0 Å². The number of imidazole rings is 1. The van der Waals surface area contributed by atoms with Crippen LogP contribution in [-0.4, -0.2) is 46.2 Å². The van der Waals surface area contributed by atoms with E-state index in [4.69, 9.17) is 4.98 Å². The number of nitriles is 1. The van der Waals surface area contributed by atoms with E-state index in [1.54, 1.807) is 29.2 Å². The minimum Gasteiger partial charge on any atom is -0.396 e. The van der Waals surface area contributed by atoms with Crippen LogP contribution in [0.5, 0.6) is 0 Å². The number of rotatable bonds is 7. The molecule has 10 nitrogen and oxygen atoms in total. The smallest absolute Gasteiger partial charge is 0.282 e. The molecule has 5 aromatic rings. The standard InChI is InChI=1S/C24H19F2N9O/c1-14-10-17(12-27)33-35(14)24-15(8-9-36)2-7-22(30-24)34-13-28-19-11-16(3-5-20(19)34)29-21-6-4-18(23(25)26)31-32-21/h2-7,10-11,13,23,36H,8-9H2,1H3,(H,29,32). The van der Waals surface area contributed by atoms with E-state index < -0.39 is 6.43 Å². The number of aromatic nitrogens is 7. The quantitative estimate of drug-likeness (QED) is 0.355. The number of halogens is 2. The number of nitrogens with zero attached hydrogens (tertiary/aromatic N) is 8. The van der Waals surface area contributed by atoms with Gasteiger partial charge >= 0.3 is 0 Å². The minimum absolute atomic E-state index is 0.0571. The van der Waals surface area contributed by atoms with E-state index in [1.165, 1.54) is 12.1 Å². The number of pyridine rings is 1. The summed E-state index contributed by atoms with van der Waals surface area (Å²) < 4.78 is 28.8. The predicted molar refractivity (Wildman–Crippen MR) is 127 cm³/mol. The lowest BCUT2D eigenvalue weighted by molar-refractivity contribution is 0.145. The molecule has 5 rings (SSSR count). The molecule has 4 aromatic heterocycles. The van der Waals surface area contributed by atoms with Gasteiger partial charge in [0.25, 0.3) is 6.43 Å². The minimum atomic E-state index is -2.68. The molecular weight excluding hydrogens is 468 g/mol. The maximum Gasteiger partial charge on any atom is 0.282 e. The molecule has 0 atom stereocenters. The van der Waals surface area contributed by atoms with Crippen LogP contribution in [0.15, 0.2) is 54.9 Å². The third-order valence-electron chi connectivity index (χ3n) is 5.50. The Balaban J connectivity index is 1.49. The molecule has 0 saturated carbocycles.